The molecule has 0 saturated carbocycles. The van der Waals surface area contributed by atoms with Gasteiger partial charge in [0.25, 0.3) is 20.0 Å². The first-order valence-electron chi connectivity index (χ1n) is 11.2. The Labute approximate surface area is 216 Å². The number of fused-ring (bicyclic) bond motifs is 3. The van der Waals surface area contributed by atoms with Gasteiger partial charge in [0.05, 0.1) is 21.2 Å². The van der Waals surface area contributed by atoms with E-state index in [9.17, 15) is 26.3 Å². The quantitative estimate of drug-likeness (QED) is 0.335. The molecule has 0 bridgehead atoms. The van der Waals surface area contributed by atoms with E-state index in [-0.39, 0.29) is 21.2 Å². The lowest BCUT2D eigenvalue weighted by Crippen LogP contribution is -2.38. The average Bonchev–Trinajstić information content (AvgIpc) is 2.94. The Morgan fingerprint density at radius 1 is 0.568 bits per heavy atom. The summed E-state index contributed by atoms with van der Waals surface area (Å²) < 4.78 is 71.2. The molecule has 11 heteroatoms. The van der Waals surface area contributed by atoms with Gasteiger partial charge in [0.2, 0.25) is 0 Å². The summed E-state index contributed by atoms with van der Waals surface area (Å²) in [5.74, 6) is 0. The van der Waals surface area contributed by atoms with Gasteiger partial charge in [-0.1, -0.05) is 71.8 Å². The molecule has 0 atom stereocenters. The Kier molecular flexibility index (Phi) is 6.03. The van der Waals surface area contributed by atoms with Crippen LogP contribution in [0.3, 0.4) is 0 Å². The summed E-state index contributed by atoms with van der Waals surface area (Å²) in [6, 6.07) is 23.9. The van der Waals surface area contributed by atoms with E-state index in [1.807, 2.05) is 0 Å². The monoisotopic (exact) mass is 554 g/mol. The maximum Gasteiger partial charge on any atom is 0.422 e. The summed E-state index contributed by atoms with van der Waals surface area (Å²) in [7, 11) is -14.8. The zero-order chi connectivity index (χ0) is 26.6. The zero-order valence-corrected chi connectivity index (χ0v) is 22.4. The van der Waals surface area contributed by atoms with Crippen LogP contribution in [-0.2, 0) is 24.6 Å². The summed E-state index contributed by atoms with van der Waals surface area (Å²) in [4.78, 5) is 11.2. The Bertz CT molecular complexity index is 1640. The number of hydrogen-bond donors (Lipinski definition) is 1. The van der Waals surface area contributed by atoms with Crippen LogP contribution in [0.1, 0.15) is 11.1 Å². The van der Waals surface area contributed by atoms with E-state index >= 15 is 0 Å². The maximum absolute atomic E-state index is 14.5. The Morgan fingerprint density at radius 2 is 0.892 bits per heavy atom. The van der Waals surface area contributed by atoms with Crippen molar-refractivity contribution in [3.63, 3.8) is 0 Å². The van der Waals surface area contributed by atoms with Crippen LogP contribution in [0.5, 0.6) is 0 Å². The molecule has 1 N–H and O–H groups in total. The van der Waals surface area contributed by atoms with E-state index in [1.165, 1.54) is 48.5 Å². The highest BCUT2D eigenvalue weighted by molar-refractivity contribution is 8.06. The van der Waals surface area contributed by atoms with Crippen LogP contribution in [-0.4, -0.2) is 21.7 Å². The van der Waals surface area contributed by atoms with Crippen molar-refractivity contribution >= 4 is 39.1 Å². The number of sulfonamides is 2. The lowest BCUT2D eigenvalue weighted by atomic mass is 10.0. The Balaban J connectivity index is 1.87. The van der Waals surface area contributed by atoms with Crippen LogP contribution < -0.4 is 8.15 Å². The van der Waals surface area contributed by atoms with Gasteiger partial charge in [0.1, 0.15) is 0 Å². The average molecular weight is 555 g/mol. The van der Waals surface area contributed by atoms with E-state index in [2.05, 4.69) is 0 Å². The normalized spacial score (nSPS) is 15.0. The molecule has 0 aliphatic carbocycles. The number of aryl methyl sites for hydroxylation is 2. The molecule has 190 valence electrons. The molecule has 0 saturated heterocycles. The molecule has 0 amide bonds. The van der Waals surface area contributed by atoms with Gasteiger partial charge in [-0.2, -0.15) is 8.15 Å². The molecule has 37 heavy (non-hydrogen) atoms. The van der Waals surface area contributed by atoms with Crippen molar-refractivity contribution in [2.75, 3.05) is 8.15 Å². The first kappa shape index (κ1) is 25.2. The summed E-state index contributed by atoms with van der Waals surface area (Å²) >= 11 is 0. The molecule has 8 nitrogen and oxygen atoms in total. The number of nitrogens with zero attached hydrogens (tertiary/aromatic N) is 2. The van der Waals surface area contributed by atoms with Gasteiger partial charge in [-0.3, -0.25) is 0 Å². The summed E-state index contributed by atoms with van der Waals surface area (Å²) in [5.41, 5.74) is 1.96. The van der Waals surface area contributed by atoms with Crippen molar-refractivity contribution in [1.82, 2.24) is 0 Å². The van der Waals surface area contributed by atoms with Gasteiger partial charge in [-0.05, 0) is 50.2 Å². The first-order chi connectivity index (χ1) is 17.5. The van der Waals surface area contributed by atoms with Crippen LogP contribution in [0.25, 0.3) is 11.1 Å². The summed E-state index contributed by atoms with van der Waals surface area (Å²) in [6.07, 6.45) is 0. The van der Waals surface area contributed by atoms with Gasteiger partial charge in [-0.25, -0.2) is 21.4 Å². The van der Waals surface area contributed by atoms with Crippen molar-refractivity contribution in [1.29, 1.82) is 0 Å². The fraction of sp³-hybridized carbons (Fsp3) is 0.0769. The van der Waals surface area contributed by atoms with Crippen molar-refractivity contribution in [3.05, 3.63) is 108 Å². The van der Waals surface area contributed by atoms with Gasteiger partial charge in [-0.15, -0.1) is 0 Å². The largest absolute Gasteiger partial charge is 0.422 e. The number of anilines is 2. The van der Waals surface area contributed by atoms with Crippen molar-refractivity contribution in [3.8, 4) is 11.1 Å². The van der Waals surface area contributed by atoms with Crippen molar-refractivity contribution in [2.45, 2.75) is 23.6 Å². The highest BCUT2D eigenvalue weighted by Gasteiger charge is 2.52. The summed E-state index contributed by atoms with van der Waals surface area (Å²) in [6.45, 7) is 3.56. The molecule has 0 unspecified atom stereocenters. The van der Waals surface area contributed by atoms with Gasteiger partial charge in [0, 0.05) is 11.1 Å². The van der Waals surface area contributed by atoms with E-state index in [0.717, 1.165) is 11.1 Å². The third-order valence-electron chi connectivity index (χ3n) is 6.08. The standard InChI is InChI=1S/C26H23N2O6PS2/c1-19-11-15-21(16-12-19)36(31,32)27-25-9-5-3-7-23(25)24-8-4-6-10-26(24)28(35(27,29)30)37(33,34)22-17-13-20(2)14-18-22/h3-18H,1-2H3,(H,29,30). The third kappa shape index (κ3) is 4.06. The molecule has 0 aromatic heterocycles. The smallest absolute Gasteiger partial charge is 0.312 e. The molecule has 5 rings (SSSR count). The fourth-order valence-electron chi connectivity index (χ4n) is 4.25. The predicted octanol–water partition coefficient (Wildman–Crippen LogP) is 5.48. The molecule has 0 radical (unpaired) electrons. The van der Waals surface area contributed by atoms with E-state index in [4.69, 9.17) is 0 Å². The lowest BCUT2D eigenvalue weighted by molar-refractivity contribution is 0.479. The van der Waals surface area contributed by atoms with Gasteiger partial charge in [0.15, 0.2) is 0 Å². The number of hydrogen-bond acceptors (Lipinski definition) is 5. The first-order valence-corrected chi connectivity index (χ1v) is 15.7. The molecule has 1 aliphatic rings. The lowest BCUT2D eigenvalue weighted by Gasteiger charge is -2.34. The second kappa shape index (κ2) is 8.85. The highest BCUT2D eigenvalue weighted by atomic mass is 32.2. The van der Waals surface area contributed by atoms with Crippen LogP contribution in [0.15, 0.2) is 107 Å². The van der Waals surface area contributed by atoms with Crippen LogP contribution in [0.2, 0.25) is 0 Å². The van der Waals surface area contributed by atoms with Crippen molar-refractivity contribution < 1.29 is 26.3 Å². The highest BCUT2D eigenvalue weighted by Crippen LogP contribution is 2.63. The minimum atomic E-state index is -5.42. The Morgan fingerprint density at radius 3 is 1.24 bits per heavy atom. The van der Waals surface area contributed by atoms with E-state index in [0.29, 0.717) is 19.3 Å². The van der Waals surface area contributed by atoms with E-state index < -0.39 is 27.7 Å². The maximum atomic E-state index is 14.5. The van der Waals surface area contributed by atoms with Crippen LogP contribution in [0.4, 0.5) is 11.4 Å². The van der Waals surface area contributed by atoms with Gasteiger partial charge < -0.3 is 4.89 Å². The number of benzene rings is 4. The van der Waals surface area contributed by atoms with Crippen LogP contribution in [0, 0.1) is 13.8 Å². The molecule has 1 aliphatic heterocycles. The predicted molar refractivity (Wildman–Crippen MR) is 143 cm³/mol. The second-order valence-corrected chi connectivity index (χ2v) is 14.6. The molecule has 1 heterocycles. The minimum absolute atomic E-state index is 0.108. The van der Waals surface area contributed by atoms with E-state index in [1.54, 1.807) is 62.4 Å². The molecular weight excluding hydrogens is 531 g/mol. The Hall–Kier alpha value is -3.43. The van der Waals surface area contributed by atoms with Crippen molar-refractivity contribution in [2.24, 2.45) is 0 Å². The zero-order valence-electron chi connectivity index (χ0n) is 19.9. The SMILES string of the molecule is Cc1ccc(S(=O)(=O)N2c3ccccc3-c3ccccc3N(S(=O)(=O)c3ccc(C)cc3)P2(=O)O)cc1. The molecule has 4 aromatic carbocycles. The molecule has 4 aromatic rings. The third-order valence-corrected chi connectivity index (χ3v) is 13.1. The minimum Gasteiger partial charge on any atom is -0.312 e. The topological polar surface area (TPSA) is 112 Å². The van der Waals surface area contributed by atoms with Crippen LogP contribution >= 0.6 is 7.67 Å². The molecular formula is C26H23N2O6PS2. The fourth-order valence-corrected chi connectivity index (χ4v) is 10.9. The summed E-state index contributed by atoms with van der Waals surface area (Å²) in [5, 5.41) is 0. The number of rotatable bonds is 4. The molecule has 0 spiro atoms. The number of para-hydroxylation sites is 2. The second-order valence-electron chi connectivity index (χ2n) is 8.67. The molecule has 0 fully saturated rings. The van der Waals surface area contributed by atoms with Gasteiger partial charge >= 0.3 is 7.67 Å².